The minimum atomic E-state index is 0.435. The minimum absolute atomic E-state index is 0.435. The lowest BCUT2D eigenvalue weighted by molar-refractivity contribution is -0.120. The first-order valence-corrected chi connectivity index (χ1v) is 4.41. The Kier molecular flexibility index (Phi) is 5.60. The van der Waals surface area contributed by atoms with Crippen LogP contribution in [0, 0.1) is 13.8 Å². The molecule has 0 spiro atoms. The number of aryl methyl sites for hydroxylation is 2. The zero-order valence-electron chi connectivity index (χ0n) is 8.63. The monoisotopic (exact) mass is 180 g/mol. The number of benzene rings is 1. The minimum Gasteiger partial charge on any atom is -0.429 e. The lowest BCUT2D eigenvalue weighted by Gasteiger charge is -2.01. The molecule has 0 atom stereocenters. The van der Waals surface area contributed by atoms with Crippen LogP contribution in [0.1, 0.15) is 25.0 Å². The summed E-state index contributed by atoms with van der Waals surface area (Å²) in [5.41, 5.74) is 2.33. The highest BCUT2D eigenvalue weighted by atomic mass is 16.5. The summed E-state index contributed by atoms with van der Waals surface area (Å²) in [4.78, 5) is 9.95. The normalized spacial score (nSPS) is 8.31. The van der Waals surface area contributed by atoms with E-state index in [9.17, 15) is 4.79 Å². The van der Waals surface area contributed by atoms with Crippen LogP contribution in [0.3, 0.4) is 0 Å². The summed E-state index contributed by atoms with van der Waals surface area (Å²) < 4.78 is 4.66. The van der Waals surface area contributed by atoms with Crippen LogP contribution >= 0.6 is 0 Å². The number of carbonyl (C=O) groups is 1. The maximum atomic E-state index is 9.95. The molecule has 0 radical (unpaired) electrons. The van der Waals surface area contributed by atoms with E-state index in [4.69, 9.17) is 0 Å². The molecule has 0 aliphatic heterocycles. The Bertz CT molecular complexity index is 267. The predicted molar refractivity (Wildman–Crippen MR) is 54.0 cm³/mol. The number of carbonyl (C=O) groups excluding carboxylic acids is 1. The zero-order chi connectivity index (χ0) is 10.3. The molecule has 2 nitrogen and oxygen atoms in total. The van der Waals surface area contributed by atoms with Crippen LogP contribution in [0.25, 0.3) is 0 Å². The van der Waals surface area contributed by atoms with Crippen molar-refractivity contribution in [1.82, 2.24) is 0 Å². The van der Waals surface area contributed by atoms with Gasteiger partial charge < -0.3 is 4.74 Å². The Morgan fingerprint density at radius 3 is 2.23 bits per heavy atom. The van der Waals surface area contributed by atoms with Crippen LogP contribution < -0.4 is 4.74 Å². The summed E-state index contributed by atoms with van der Waals surface area (Å²) >= 11 is 0. The van der Waals surface area contributed by atoms with E-state index in [0.717, 1.165) is 5.56 Å². The molecule has 2 heteroatoms. The Balaban J connectivity index is 0.000000671. The Labute approximate surface area is 79.5 Å². The molecule has 1 rings (SSSR count). The van der Waals surface area contributed by atoms with Crippen molar-refractivity contribution in [3.8, 4) is 5.75 Å². The molecule has 0 saturated carbocycles. The SMILES string of the molecule is CC.Cc1ccc(OC=O)cc1C. The molecule has 0 fully saturated rings. The van der Waals surface area contributed by atoms with Crippen molar-refractivity contribution in [1.29, 1.82) is 0 Å². The molecule has 0 bridgehead atoms. The molecule has 0 N–H and O–H groups in total. The van der Waals surface area contributed by atoms with E-state index in [1.54, 1.807) is 6.07 Å². The standard InChI is InChI=1S/C9H10O2.C2H6/c1-7-3-4-9(11-6-10)5-8(7)2;1-2/h3-6H,1-2H3;1-2H3. The number of hydrogen-bond donors (Lipinski definition) is 0. The van der Waals surface area contributed by atoms with Crippen molar-refractivity contribution in [3.05, 3.63) is 29.3 Å². The van der Waals surface area contributed by atoms with E-state index in [0.29, 0.717) is 12.2 Å². The number of ether oxygens (including phenoxy) is 1. The van der Waals surface area contributed by atoms with Crippen LogP contribution in [-0.2, 0) is 4.79 Å². The molecule has 0 aliphatic rings. The van der Waals surface area contributed by atoms with Gasteiger partial charge in [-0.3, -0.25) is 4.79 Å². The van der Waals surface area contributed by atoms with E-state index in [2.05, 4.69) is 4.74 Å². The fraction of sp³-hybridized carbons (Fsp3) is 0.364. The van der Waals surface area contributed by atoms with Gasteiger partial charge in [0.15, 0.2) is 0 Å². The second-order valence-electron chi connectivity index (χ2n) is 2.46. The van der Waals surface area contributed by atoms with Crippen molar-refractivity contribution in [2.75, 3.05) is 0 Å². The molecule has 0 saturated heterocycles. The summed E-state index contributed by atoms with van der Waals surface area (Å²) in [6, 6.07) is 5.54. The highest BCUT2D eigenvalue weighted by Crippen LogP contribution is 2.15. The third kappa shape index (κ3) is 3.74. The second-order valence-corrected chi connectivity index (χ2v) is 2.46. The van der Waals surface area contributed by atoms with Gasteiger partial charge in [0.2, 0.25) is 0 Å². The first-order chi connectivity index (χ1) is 6.24. The summed E-state index contributed by atoms with van der Waals surface area (Å²) in [6.45, 7) is 8.43. The molecule has 72 valence electrons. The summed E-state index contributed by atoms with van der Waals surface area (Å²) in [5, 5.41) is 0. The molecule has 0 aliphatic carbocycles. The first-order valence-electron chi connectivity index (χ1n) is 4.41. The number of hydrogen-bond acceptors (Lipinski definition) is 2. The lowest BCUT2D eigenvalue weighted by Crippen LogP contribution is -1.89. The van der Waals surface area contributed by atoms with Gasteiger partial charge in [-0.2, -0.15) is 0 Å². The van der Waals surface area contributed by atoms with E-state index in [1.165, 1.54) is 5.56 Å². The average Bonchev–Trinajstić information content (AvgIpc) is 2.15. The van der Waals surface area contributed by atoms with Crippen molar-refractivity contribution in [3.63, 3.8) is 0 Å². The maximum Gasteiger partial charge on any atom is 0.298 e. The van der Waals surface area contributed by atoms with E-state index < -0.39 is 0 Å². The Hall–Kier alpha value is -1.31. The van der Waals surface area contributed by atoms with Gasteiger partial charge in [0, 0.05) is 0 Å². The molecular formula is C11H16O2. The van der Waals surface area contributed by atoms with E-state index >= 15 is 0 Å². The lowest BCUT2D eigenvalue weighted by atomic mass is 10.1. The van der Waals surface area contributed by atoms with Gasteiger partial charge in [0.05, 0.1) is 0 Å². The summed E-state index contributed by atoms with van der Waals surface area (Å²) in [7, 11) is 0. The average molecular weight is 180 g/mol. The first kappa shape index (κ1) is 11.7. The Morgan fingerprint density at radius 1 is 1.15 bits per heavy atom. The van der Waals surface area contributed by atoms with Crippen LogP contribution in [0.15, 0.2) is 18.2 Å². The van der Waals surface area contributed by atoms with Crippen molar-refractivity contribution < 1.29 is 9.53 Å². The molecule has 0 unspecified atom stereocenters. The molecule has 0 heterocycles. The molecular weight excluding hydrogens is 164 g/mol. The molecule has 1 aromatic rings. The Morgan fingerprint density at radius 2 is 1.77 bits per heavy atom. The molecule has 1 aromatic carbocycles. The smallest absolute Gasteiger partial charge is 0.298 e. The van der Waals surface area contributed by atoms with Crippen LogP contribution in [0.4, 0.5) is 0 Å². The van der Waals surface area contributed by atoms with Crippen LogP contribution in [0.2, 0.25) is 0 Å². The maximum absolute atomic E-state index is 9.95. The van der Waals surface area contributed by atoms with E-state index in [-0.39, 0.29) is 0 Å². The van der Waals surface area contributed by atoms with Gasteiger partial charge in [-0.25, -0.2) is 0 Å². The number of rotatable bonds is 2. The third-order valence-corrected chi connectivity index (χ3v) is 1.66. The fourth-order valence-electron chi connectivity index (χ4n) is 0.843. The van der Waals surface area contributed by atoms with Gasteiger partial charge in [0.1, 0.15) is 5.75 Å². The highest BCUT2D eigenvalue weighted by Gasteiger charge is 1.94. The largest absolute Gasteiger partial charge is 0.429 e. The van der Waals surface area contributed by atoms with Crippen molar-refractivity contribution in [2.24, 2.45) is 0 Å². The van der Waals surface area contributed by atoms with Crippen LogP contribution in [-0.4, -0.2) is 6.47 Å². The predicted octanol–water partition coefficient (Wildman–Crippen LogP) is 2.86. The topological polar surface area (TPSA) is 26.3 Å². The second kappa shape index (κ2) is 6.23. The zero-order valence-corrected chi connectivity index (χ0v) is 8.63. The van der Waals surface area contributed by atoms with Gasteiger partial charge in [-0.15, -0.1) is 0 Å². The third-order valence-electron chi connectivity index (χ3n) is 1.66. The van der Waals surface area contributed by atoms with Crippen LogP contribution in [0.5, 0.6) is 5.75 Å². The van der Waals surface area contributed by atoms with Gasteiger partial charge >= 0.3 is 0 Å². The summed E-state index contributed by atoms with van der Waals surface area (Å²) in [5.74, 6) is 0.600. The molecule has 13 heavy (non-hydrogen) atoms. The molecule has 0 amide bonds. The van der Waals surface area contributed by atoms with Gasteiger partial charge in [0.25, 0.3) is 6.47 Å². The highest BCUT2D eigenvalue weighted by molar-refractivity contribution is 5.46. The summed E-state index contributed by atoms with van der Waals surface area (Å²) in [6.07, 6.45) is 0. The van der Waals surface area contributed by atoms with E-state index in [1.807, 2.05) is 39.8 Å². The molecule has 0 aromatic heterocycles. The van der Waals surface area contributed by atoms with Gasteiger partial charge in [-0.05, 0) is 37.1 Å². The van der Waals surface area contributed by atoms with Crippen molar-refractivity contribution in [2.45, 2.75) is 27.7 Å². The quantitative estimate of drug-likeness (QED) is 0.654. The fourth-order valence-corrected chi connectivity index (χ4v) is 0.843. The van der Waals surface area contributed by atoms with Crippen molar-refractivity contribution >= 4 is 6.47 Å². The van der Waals surface area contributed by atoms with Gasteiger partial charge in [-0.1, -0.05) is 19.9 Å².